The smallest absolute Gasteiger partial charge is 0.203 e. The lowest BCUT2D eigenvalue weighted by Crippen LogP contribution is -2.14. The van der Waals surface area contributed by atoms with Crippen molar-refractivity contribution in [3.05, 3.63) is 25.0 Å². The normalized spacial score (nSPS) is 12.4. The Bertz CT molecular complexity index is 296. The molecule has 84 valence electrons. The molecule has 15 heavy (non-hydrogen) atoms. The van der Waals surface area contributed by atoms with Gasteiger partial charge in [-0.15, -0.1) is 6.58 Å². The molecule has 0 radical (unpaired) electrons. The van der Waals surface area contributed by atoms with Gasteiger partial charge >= 0.3 is 0 Å². The minimum absolute atomic E-state index is 0.523. The van der Waals surface area contributed by atoms with E-state index in [2.05, 4.69) is 34.6 Å². The van der Waals surface area contributed by atoms with Crippen molar-refractivity contribution in [3.63, 3.8) is 0 Å². The monoisotopic (exact) mass is 225 g/mol. The van der Waals surface area contributed by atoms with Crippen molar-refractivity contribution in [2.75, 3.05) is 23.9 Å². The topological polar surface area (TPSA) is 29.9 Å². The van der Waals surface area contributed by atoms with E-state index in [0.717, 1.165) is 24.7 Å². The van der Waals surface area contributed by atoms with Gasteiger partial charge in [0.15, 0.2) is 0 Å². The van der Waals surface area contributed by atoms with E-state index < -0.39 is 0 Å². The van der Waals surface area contributed by atoms with Gasteiger partial charge in [0.2, 0.25) is 5.95 Å². The fourth-order valence-corrected chi connectivity index (χ4v) is 2.28. The Balaban J connectivity index is 2.72. The van der Waals surface area contributed by atoms with Crippen LogP contribution in [0.3, 0.4) is 0 Å². The van der Waals surface area contributed by atoms with Crippen LogP contribution in [0, 0.1) is 0 Å². The summed E-state index contributed by atoms with van der Waals surface area (Å²) in [5.41, 5.74) is 0. The molecule has 1 atom stereocenters. The molecule has 1 rings (SSSR count). The van der Waals surface area contributed by atoms with Gasteiger partial charge in [-0.3, -0.25) is 0 Å². The lowest BCUT2D eigenvalue weighted by molar-refractivity contribution is 0.544. The standard InChI is InChI=1S/C11H19N3S/c1-4-6-12-11-13-7-8-14(11)10(5-2)9-15-3/h4,7-8,10H,1,5-6,9H2,2-3H3,(H,12,13). The van der Waals surface area contributed by atoms with Crippen LogP contribution in [0.1, 0.15) is 19.4 Å². The van der Waals surface area contributed by atoms with Crippen LogP contribution in [-0.4, -0.2) is 28.1 Å². The van der Waals surface area contributed by atoms with Gasteiger partial charge in [0.05, 0.1) is 0 Å². The molecule has 0 amide bonds. The maximum Gasteiger partial charge on any atom is 0.203 e. The first-order valence-corrected chi connectivity index (χ1v) is 6.59. The second-order valence-corrected chi connectivity index (χ2v) is 4.26. The van der Waals surface area contributed by atoms with Gasteiger partial charge in [-0.05, 0) is 12.7 Å². The zero-order chi connectivity index (χ0) is 11.1. The predicted molar refractivity (Wildman–Crippen MR) is 68.6 cm³/mol. The summed E-state index contributed by atoms with van der Waals surface area (Å²) in [7, 11) is 0. The van der Waals surface area contributed by atoms with E-state index >= 15 is 0 Å². The second-order valence-electron chi connectivity index (χ2n) is 3.35. The van der Waals surface area contributed by atoms with Gasteiger partial charge in [0, 0.05) is 30.7 Å². The third-order valence-corrected chi connectivity index (χ3v) is 3.01. The largest absolute Gasteiger partial charge is 0.352 e. The number of rotatable bonds is 7. The summed E-state index contributed by atoms with van der Waals surface area (Å²) < 4.78 is 2.21. The molecule has 1 heterocycles. The first-order chi connectivity index (χ1) is 7.33. The zero-order valence-electron chi connectivity index (χ0n) is 9.44. The van der Waals surface area contributed by atoms with Crippen molar-refractivity contribution in [1.29, 1.82) is 0 Å². The minimum atomic E-state index is 0.523. The highest BCUT2D eigenvalue weighted by Gasteiger charge is 2.11. The van der Waals surface area contributed by atoms with E-state index in [1.165, 1.54) is 0 Å². The highest BCUT2D eigenvalue weighted by Crippen LogP contribution is 2.20. The Labute approximate surface area is 96.0 Å². The third-order valence-electron chi connectivity index (χ3n) is 2.30. The summed E-state index contributed by atoms with van der Waals surface area (Å²) in [5, 5.41) is 3.24. The van der Waals surface area contributed by atoms with Gasteiger partial charge in [0.25, 0.3) is 0 Å². The van der Waals surface area contributed by atoms with Gasteiger partial charge in [0.1, 0.15) is 0 Å². The summed E-state index contributed by atoms with van der Waals surface area (Å²) >= 11 is 1.87. The number of thioether (sulfide) groups is 1. The van der Waals surface area contributed by atoms with Crippen LogP contribution < -0.4 is 5.32 Å². The van der Waals surface area contributed by atoms with Crippen LogP contribution in [0.2, 0.25) is 0 Å². The lowest BCUT2D eigenvalue weighted by Gasteiger charge is -2.18. The highest BCUT2D eigenvalue weighted by atomic mass is 32.2. The number of hydrogen-bond acceptors (Lipinski definition) is 3. The van der Waals surface area contributed by atoms with Gasteiger partial charge < -0.3 is 9.88 Å². The Hall–Kier alpha value is -0.900. The fraction of sp³-hybridized carbons (Fsp3) is 0.545. The molecule has 0 aliphatic carbocycles. The Kier molecular flexibility index (Phi) is 5.32. The van der Waals surface area contributed by atoms with E-state index in [1.54, 1.807) is 0 Å². The van der Waals surface area contributed by atoms with Gasteiger partial charge in [-0.25, -0.2) is 4.98 Å². The van der Waals surface area contributed by atoms with Crippen molar-refractivity contribution in [2.45, 2.75) is 19.4 Å². The second kappa shape index (κ2) is 6.56. The van der Waals surface area contributed by atoms with Crippen LogP contribution in [0.25, 0.3) is 0 Å². The predicted octanol–water partition coefficient (Wildman–Crippen LogP) is 2.80. The summed E-state index contributed by atoms with van der Waals surface area (Å²) in [4.78, 5) is 4.30. The maximum absolute atomic E-state index is 4.30. The zero-order valence-corrected chi connectivity index (χ0v) is 10.3. The Morgan fingerprint density at radius 3 is 3.13 bits per heavy atom. The minimum Gasteiger partial charge on any atom is -0.352 e. The van der Waals surface area contributed by atoms with Crippen LogP contribution in [0.5, 0.6) is 0 Å². The average Bonchev–Trinajstić information content (AvgIpc) is 2.71. The van der Waals surface area contributed by atoms with Crippen molar-refractivity contribution in [1.82, 2.24) is 9.55 Å². The Morgan fingerprint density at radius 2 is 2.53 bits per heavy atom. The molecule has 0 aromatic carbocycles. The molecule has 1 aromatic rings. The third kappa shape index (κ3) is 3.30. The molecule has 1 aromatic heterocycles. The molecule has 3 nitrogen and oxygen atoms in total. The first-order valence-electron chi connectivity index (χ1n) is 5.20. The molecule has 0 aliphatic heterocycles. The number of aromatic nitrogens is 2. The van der Waals surface area contributed by atoms with Crippen molar-refractivity contribution >= 4 is 17.7 Å². The number of anilines is 1. The molecule has 1 unspecified atom stereocenters. The van der Waals surface area contributed by atoms with E-state index in [9.17, 15) is 0 Å². The molecule has 0 saturated carbocycles. The van der Waals surface area contributed by atoms with Crippen LogP contribution >= 0.6 is 11.8 Å². The summed E-state index contributed by atoms with van der Waals surface area (Å²) in [6, 6.07) is 0.523. The average molecular weight is 225 g/mol. The summed E-state index contributed by atoms with van der Waals surface area (Å²) in [6.07, 6.45) is 8.98. The molecule has 0 aliphatic rings. The number of imidazole rings is 1. The first kappa shape index (κ1) is 12.2. The van der Waals surface area contributed by atoms with Crippen LogP contribution in [0.15, 0.2) is 25.0 Å². The van der Waals surface area contributed by atoms with Crippen LogP contribution in [0.4, 0.5) is 5.95 Å². The number of hydrogen-bond donors (Lipinski definition) is 1. The molecular formula is C11H19N3S. The molecular weight excluding hydrogens is 206 g/mol. The van der Waals surface area contributed by atoms with E-state index in [4.69, 9.17) is 0 Å². The van der Waals surface area contributed by atoms with E-state index in [0.29, 0.717) is 6.04 Å². The van der Waals surface area contributed by atoms with E-state index in [1.807, 2.05) is 30.2 Å². The summed E-state index contributed by atoms with van der Waals surface area (Å²) in [6.45, 7) is 6.65. The molecule has 0 spiro atoms. The van der Waals surface area contributed by atoms with Crippen molar-refractivity contribution in [2.24, 2.45) is 0 Å². The fourth-order valence-electron chi connectivity index (χ4n) is 1.50. The number of nitrogens with one attached hydrogen (secondary N) is 1. The molecule has 1 N–H and O–H groups in total. The highest BCUT2D eigenvalue weighted by molar-refractivity contribution is 7.98. The van der Waals surface area contributed by atoms with Crippen molar-refractivity contribution in [3.8, 4) is 0 Å². The maximum atomic E-state index is 4.30. The molecule has 4 heteroatoms. The van der Waals surface area contributed by atoms with Gasteiger partial charge in [-0.1, -0.05) is 13.0 Å². The van der Waals surface area contributed by atoms with Crippen LogP contribution in [-0.2, 0) is 0 Å². The van der Waals surface area contributed by atoms with E-state index in [-0.39, 0.29) is 0 Å². The number of nitrogens with zero attached hydrogens (tertiary/aromatic N) is 2. The van der Waals surface area contributed by atoms with Gasteiger partial charge in [-0.2, -0.15) is 11.8 Å². The molecule has 0 fully saturated rings. The lowest BCUT2D eigenvalue weighted by atomic mass is 10.2. The SMILES string of the molecule is C=CCNc1nccn1C(CC)CSC. The summed E-state index contributed by atoms with van der Waals surface area (Å²) in [5.74, 6) is 2.06. The molecule has 0 bridgehead atoms. The molecule has 0 saturated heterocycles. The van der Waals surface area contributed by atoms with Crippen molar-refractivity contribution < 1.29 is 0 Å². The Morgan fingerprint density at radius 1 is 1.73 bits per heavy atom. The quantitative estimate of drug-likeness (QED) is 0.724.